The minimum atomic E-state index is 0.676. The Bertz CT molecular complexity index is 532. The maximum absolute atomic E-state index is 2.44. The third-order valence-corrected chi connectivity index (χ3v) is 4.09. The highest BCUT2D eigenvalue weighted by Crippen LogP contribution is 2.30. The number of likely N-dealkylation sites (N-methyl/N-ethyl adjacent to an activating group) is 1. The summed E-state index contributed by atoms with van der Waals surface area (Å²) in [4.78, 5) is 2.44. The van der Waals surface area contributed by atoms with Crippen molar-refractivity contribution in [2.24, 2.45) is 0 Å². The van der Waals surface area contributed by atoms with Gasteiger partial charge in [0.2, 0.25) is 0 Å². The summed E-state index contributed by atoms with van der Waals surface area (Å²) >= 11 is 0. The summed E-state index contributed by atoms with van der Waals surface area (Å²) in [5.41, 5.74) is 4.53. The van der Waals surface area contributed by atoms with E-state index in [1.165, 1.54) is 30.5 Å². The third-order valence-electron chi connectivity index (χ3n) is 4.09. The van der Waals surface area contributed by atoms with Gasteiger partial charge in [0, 0.05) is 13.1 Å². The minimum absolute atomic E-state index is 0.676. The maximum atomic E-state index is 2.44. The number of rotatable bonds is 3. The lowest BCUT2D eigenvalue weighted by atomic mass is 9.86. The highest BCUT2D eigenvalue weighted by molar-refractivity contribution is 5.33. The third kappa shape index (κ3) is 2.87. The Morgan fingerprint density at radius 2 is 1.74 bits per heavy atom. The van der Waals surface area contributed by atoms with E-state index in [2.05, 4.69) is 66.5 Å². The first-order valence-corrected chi connectivity index (χ1v) is 7.13. The second-order valence-electron chi connectivity index (χ2n) is 5.62. The van der Waals surface area contributed by atoms with Crippen molar-refractivity contribution in [3.63, 3.8) is 0 Å². The Kier molecular flexibility index (Phi) is 3.65. The molecule has 1 nitrogen and oxygen atoms in total. The van der Waals surface area contributed by atoms with Crippen LogP contribution >= 0.6 is 0 Å². The van der Waals surface area contributed by atoms with Crippen molar-refractivity contribution in [1.82, 2.24) is 4.90 Å². The molecule has 0 saturated carbocycles. The molecular formula is C18H21N. The van der Waals surface area contributed by atoms with Crippen LogP contribution in [0.5, 0.6) is 0 Å². The normalized spacial score (nSPS) is 19.1. The smallest absolute Gasteiger partial charge is 0.0233 e. The molecule has 1 unspecified atom stereocenters. The first-order valence-electron chi connectivity index (χ1n) is 7.13. The van der Waals surface area contributed by atoms with E-state index in [1.54, 1.807) is 5.56 Å². The summed E-state index contributed by atoms with van der Waals surface area (Å²) in [7, 11) is 2.23. The fourth-order valence-corrected chi connectivity index (χ4v) is 3.14. The van der Waals surface area contributed by atoms with Gasteiger partial charge in [0.1, 0.15) is 0 Å². The lowest BCUT2D eigenvalue weighted by Gasteiger charge is -2.32. The molecule has 0 aromatic heterocycles. The molecule has 0 bridgehead atoms. The molecule has 1 heterocycles. The van der Waals surface area contributed by atoms with Crippen molar-refractivity contribution in [3.8, 4) is 0 Å². The molecule has 0 amide bonds. The molecule has 0 fully saturated rings. The van der Waals surface area contributed by atoms with Crippen LogP contribution < -0.4 is 0 Å². The summed E-state index contributed by atoms with van der Waals surface area (Å²) in [5.74, 6) is 0.676. The van der Waals surface area contributed by atoms with Crippen molar-refractivity contribution in [2.75, 3.05) is 13.6 Å². The molecule has 0 aliphatic carbocycles. The van der Waals surface area contributed by atoms with Crippen molar-refractivity contribution in [1.29, 1.82) is 0 Å². The number of aryl methyl sites for hydroxylation is 1. The van der Waals surface area contributed by atoms with Gasteiger partial charge in [-0.1, -0.05) is 54.6 Å². The van der Waals surface area contributed by atoms with Crippen LogP contribution in [0.3, 0.4) is 0 Å². The minimum Gasteiger partial charge on any atom is -0.301 e. The maximum Gasteiger partial charge on any atom is 0.0233 e. The lowest BCUT2D eigenvalue weighted by molar-refractivity contribution is 0.274. The standard InChI is InChI=1S/C18H21N/c1-19-13-16-9-5-6-10-18(16)17(14-19)12-11-15-7-3-2-4-8-15/h2-10,17H,11-14H2,1H3. The Labute approximate surface area is 115 Å². The molecule has 0 spiro atoms. The molecule has 1 heteroatoms. The van der Waals surface area contributed by atoms with E-state index in [-0.39, 0.29) is 0 Å². The second kappa shape index (κ2) is 5.58. The van der Waals surface area contributed by atoms with Gasteiger partial charge in [-0.15, -0.1) is 0 Å². The predicted octanol–water partition coefficient (Wildman–Crippen LogP) is 3.85. The van der Waals surface area contributed by atoms with Gasteiger partial charge in [0.15, 0.2) is 0 Å². The molecule has 1 atom stereocenters. The zero-order valence-corrected chi connectivity index (χ0v) is 11.5. The zero-order chi connectivity index (χ0) is 13.1. The predicted molar refractivity (Wildman–Crippen MR) is 80.3 cm³/mol. The lowest BCUT2D eigenvalue weighted by Crippen LogP contribution is -2.30. The molecule has 19 heavy (non-hydrogen) atoms. The van der Waals surface area contributed by atoms with Gasteiger partial charge in [0.05, 0.1) is 0 Å². The SMILES string of the molecule is CN1Cc2ccccc2C(CCc2ccccc2)C1. The monoisotopic (exact) mass is 251 g/mol. The molecule has 2 aromatic carbocycles. The molecule has 0 N–H and O–H groups in total. The number of hydrogen-bond acceptors (Lipinski definition) is 1. The molecule has 1 aliphatic heterocycles. The van der Waals surface area contributed by atoms with E-state index in [0.717, 1.165) is 6.54 Å². The Morgan fingerprint density at radius 1 is 1.00 bits per heavy atom. The van der Waals surface area contributed by atoms with Crippen molar-refractivity contribution in [2.45, 2.75) is 25.3 Å². The first-order chi connectivity index (χ1) is 9.33. The van der Waals surface area contributed by atoms with E-state index >= 15 is 0 Å². The van der Waals surface area contributed by atoms with Gasteiger partial charge in [0.25, 0.3) is 0 Å². The van der Waals surface area contributed by atoms with Crippen LogP contribution in [-0.4, -0.2) is 18.5 Å². The van der Waals surface area contributed by atoms with Crippen LogP contribution in [0.2, 0.25) is 0 Å². The summed E-state index contributed by atoms with van der Waals surface area (Å²) in [5, 5.41) is 0. The van der Waals surface area contributed by atoms with E-state index in [4.69, 9.17) is 0 Å². The largest absolute Gasteiger partial charge is 0.301 e. The van der Waals surface area contributed by atoms with Crippen LogP contribution in [0.25, 0.3) is 0 Å². The van der Waals surface area contributed by atoms with Crippen LogP contribution in [0.1, 0.15) is 29.0 Å². The van der Waals surface area contributed by atoms with E-state index in [9.17, 15) is 0 Å². The quantitative estimate of drug-likeness (QED) is 0.801. The van der Waals surface area contributed by atoms with Gasteiger partial charge in [-0.3, -0.25) is 0 Å². The summed E-state index contributed by atoms with van der Waals surface area (Å²) in [6, 6.07) is 19.8. The highest BCUT2D eigenvalue weighted by atomic mass is 15.1. The summed E-state index contributed by atoms with van der Waals surface area (Å²) in [6.45, 7) is 2.28. The van der Waals surface area contributed by atoms with Crippen molar-refractivity contribution in [3.05, 3.63) is 71.3 Å². The average Bonchev–Trinajstić information content (AvgIpc) is 2.45. The van der Waals surface area contributed by atoms with E-state index < -0.39 is 0 Å². The van der Waals surface area contributed by atoms with Gasteiger partial charge in [-0.25, -0.2) is 0 Å². The zero-order valence-electron chi connectivity index (χ0n) is 11.5. The van der Waals surface area contributed by atoms with Crippen LogP contribution in [-0.2, 0) is 13.0 Å². The molecule has 2 aromatic rings. The van der Waals surface area contributed by atoms with Gasteiger partial charge in [-0.2, -0.15) is 0 Å². The van der Waals surface area contributed by atoms with Gasteiger partial charge in [-0.05, 0) is 42.5 Å². The van der Waals surface area contributed by atoms with Crippen LogP contribution in [0, 0.1) is 0 Å². The summed E-state index contributed by atoms with van der Waals surface area (Å²) < 4.78 is 0. The Hall–Kier alpha value is -1.60. The molecule has 0 saturated heterocycles. The van der Waals surface area contributed by atoms with Crippen LogP contribution in [0.15, 0.2) is 54.6 Å². The van der Waals surface area contributed by atoms with Gasteiger partial charge >= 0.3 is 0 Å². The number of hydrogen-bond donors (Lipinski definition) is 0. The highest BCUT2D eigenvalue weighted by Gasteiger charge is 2.22. The second-order valence-corrected chi connectivity index (χ2v) is 5.62. The van der Waals surface area contributed by atoms with E-state index in [1.807, 2.05) is 0 Å². The topological polar surface area (TPSA) is 3.24 Å². The molecular weight excluding hydrogens is 230 g/mol. The number of benzene rings is 2. The first kappa shape index (κ1) is 12.4. The van der Waals surface area contributed by atoms with E-state index in [0.29, 0.717) is 5.92 Å². The molecule has 0 radical (unpaired) electrons. The Balaban J connectivity index is 1.74. The Morgan fingerprint density at radius 3 is 2.58 bits per heavy atom. The van der Waals surface area contributed by atoms with Crippen molar-refractivity contribution >= 4 is 0 Å². The fraction of sp³-hybridized carbons (Fsp3) is 0.333. The number of nitrogens with zero attached hydrogens (tertiary/aromatic N) is 1. The average molecular weight is 251 g/mol. The van der Waals surface area contributed by atoms with Gasteiger partial charge < -0.3 is 4.90 Å². The fourth-order valence-electron chi connectivity index (χ4n) is 3.14. The summed E-state index contributed by atoms with van der Waals surface area (Å²) in [6.07, 6.45) is 2.42. The molecule has 1 aliphatic rings. The molecule has 3 rings (SSSR count). The van der Waals surface area contributed by atoms with Crippen LogP contribution in [0.4, 0.5) is 0 Å². The van der Waals surface area contributed by atoms with Crippen molar-refractivity contribution < 1.29 is 0 Å². The number of fused-ring (bicyclic) bond motifs is 1. The molecule has 98 valence electrons.